The Morgan fingerprint density at radius 1 is 1.17 bits per heavy atom. The predicted octanol–water partition coefficient (Wildman–Crippen LogP) is 3.08. The summed E-state index contributed by atoms with van der Waals surface area (Å²) in [4.78, 5) is 24.5. The number of methoxy groups -OCH3 is 1. The van der Waals surface area contributed by atoms with Gasteiger partial charge in [0, 0.05) is 12.3 Å². The molecule has 1 aliphatic carbocycles. The van der Waals surface area contributed by atoms with E-state index in [9.17, 15) is 9.59 Å². The van der Waals surface area contributed by atoms with Gasteiger partial charge < -0.3 is 10.1 Å². The molecule has 0 aromatic heterocycles. The number of aryl methyl sites for hydroxylation is 2. The van der Waals surface area contributed by atoms with Crippen LogP contribution in [0.4, 0.5) is 0 Å². The van der Waals surface area contributed by atoms with Gasteiger partial charge in [0.1, 0.15) is 6.04 Å². The maximum atomic E-state index is 12.4. The summed E-state index contributed by atoms with van der Waals surface area (Å²) in [6, 6.07) is 5.50. The third-order valence-corrected chi connectivity index (χ3v) is 4.79. The van der Waals surface area contributed by atoms with Gasteiger partial charge in [0.05, 0.1) is 7.11 Å². The molecule has 23 heavy (non-hydrogen) atoms. The van der Waals surface area contributed by atoms with Crippen LogP contribution in [0.2, 0.25) is 0 Å². The molecule has 0 unspecified atom stereocenters. The Morgan fingerprint density at radius 3 is 2.48 bits per heavy atom. The highest BCUT2D eigenvalue weighted by atomic mass is 16.5. The number of esters is 1. The first kappa shape index (κ1) is 17.5. The van der Waals surface area contributed by atoms with Crippen molar-refractivity contribution in [2.75, 3.05) is 7.11 Å². The Balaban J connectivity index is 2.05. The van der Waals surface area contributed by atoms with Crippen molar-refractivity contribution in [2.24, 2.45) is 5.92 Å². The van der Waals surface area contributed by atoms with Crippen molar-refractivity contribution < 1.29 is 14.3 Å². The van der Waals surface area contributed by atoms with E-state index in [4.69, 9.17) is 4.74 Å². The Morgan fingerprint density at radius 2 is 1.87 bits per heavy atom. The van der Waals surface area contributed by atoms with Gasteiger partial charge in [0.15, 0.2) is 0 Å². The molecule has 0 saturated heterocycles. The molecule has 1 amide bonds. The highest BCUT2D eigenvalue weighted by molar-refractivity contribution is 5.86. The first-order chi connectivity index (χ1) is 11.0. The summed E-state index contributed by atoms with van der Waals surface area (Å²) in [7, 11) is 1.36. The van der Waals surface area contributed by atoms with E-state index in [1.54, 1.807) is 0 Å². The zero-order chi connectivity index (χ0) is 16.8. The lowest BCUT2D eigenvalue weighted by atomic mass is 9.88. The summed E-state index contributed by atoms with van der Waals surface area (Å²) >= 11 is 0. The van der Waals surface area contributed by atoms with Gasteiger partial charge in [0.25, 0.3) is 0 Å². The lowest BCUT2D eigenvalue weighted by Gasteiger charge is -2.24. The molecule has 1 saturated carbocycles. The van der Waals surface area contributed by atoms with Crippen molar-refractivity contribution in [3.63, 3.8) is 0 Å². The average molecular weight is 317 g/mol. The average Bonchev–Trinajstić information content (AvgIpc) is 2.57. The Labute approximate surface area is 138 Å². The molecular weight excluding hydrogens is 290 g/mol. The molecule has 1 aromatic rings. The number of benzene rings is 1. The molecule has 0 heterocycles. The van der Waals surface area contributed by atoms with E-state index in [2.05, 4.69) is 18.3 Å². The minimum atomic E-state index is -0.614. The normalized spacial score (nSPS) is 16.7. The zero-order valence-electron chi connectivity index (χ0n) is 14.4. The summed E-state index contributed by atoms with van der Waals surface area (Å²) in [5, 5.41) is 2.91. The Kier molecular flexibility index (Phi) is 6.20. The molecule has 2 rings (SSSR count). The number of nitrogens with one attached hydrogen (secondary N) is 1. The van der Waals surface area contributed by atoms with Crippen LogP contribution in [0.1, 0.15) is 48.8 Å². The van der Waals surface area contributed by atoms with Crippen LogP contribution >= 0.6 is 0 Å². The minimum Gasteiger partial charge on any atom is -0.467 e. The van der Waals surface area contributed by atoms with Crippen molar-refractivity contribution in [2.45, 2.75) is 58.4 Å². The molecule has 126 valence electrons. The SMILES string of the molecule is COC(=O)[C@H](Cc1ccc(C)c(C)c1)NC(=O)C1CCCCC1. The molecule has 1 fully saturated rings. The first-order valence-electron chi connectivity index (χ1n) is 8.45. The topological polar surface area (TPSA) is 55.4 Å². The first-order valence-corrected chi connectivity index (χ1v) is 8.45. The second-order valence-electron chi connectivity index (χ2n) is 6.54. The van der Waals surface area contributed by atoms with Crippen LogP contribution in [0.25, 0.3) is 0 Å². The third kappa shape index (κ3) is 4.81. The van der Waals surface area contributed by atoms with Crippen LogP contribution < -0.4 is 5.32 Å². The number of ether oxygens (including phenoxy) is 1. The van der Waals surface area contributed by atoms with E-state index >= 15 is 0 Å². The standard InChI is InChI=1S/C19H27NO3/c1-13-9-10-15(11-14(13)2)12-17(19(22)23-3)20-18(21)16-7-5-4-6-8-16/h9-11,16-17H,4-8,12H2,1-3H3,(H,20,21)/t17-/m0/s1. The second-order valence-corrected chi connectivity index (χ2v) is 6.54. The Bertz CT molecular complexity index is 562. The number of rotatable bonds is 5. The smallest absolute Gasteiger partial charge is 0.328 e. The van der Waals surface area contributed by atoms with Crippen LogP contribution in [0.15, 0.2) is 18.2 Å². The molecule has 0 radical (unpaired) electrons. The molecule has 1 N–H and O–H groups in total. The summed E-state index contributed by atoms with van der Waals surface area (Å²) in [6.45, 7) is 4.11. The van der Waals surface area contributed by atoms with Crippen LogP contribution in [0.3, 0.4) is 0 Å². The van der Waals surface area contributed by atoms with Crippen molar-refractivity contribution in [1.82, 2.24) is 5.32 Å². The van der Waals surface area contributed by atoms with Crippen molar-refractivity contribution in [3.05, 3.63) is 34.9 Å². The summed E-state index contributed by atoms with van der Waals surface area (Å²) in [5.41, 5.74) is 3.44. The molecule has 4 heteroatoms. The largest absolute Gasteiger partial charge is 0.467 e. The van der Waals surface area contributed by atoms with E-state index < -0.39 is 6.04 Å². The molecule has 1 aromatic carbocycles. The van der Waals surface area contributed by atoms with E-state index in [1.165, 1.54) is 24.7 Å². The highest BCUT2D eigenvalue weighted by Crippen LogP contribution is 2.24. The number of hydrogen-bond donors (Lipinski definition) is 1. The lowest BCUT2D eigenvalue weighted by Crippen LogP contribution is -2.45. The van der Waals surface area contributed by atoms with Crippen molar-refractivity contribution in [1.29, 1.82) is 0 Å². The number of carbonyl (C=O) groups is 2. The fourth-order valence-electron chi connectivity index (χ4n) is 3.16. The van der Waals surface area contributed by atoms with Gasteiger partial charge in [0.2, 0.25) is 5.91 Å². The molecular formula is C19H27NO3. The van der Waals surface area contributed by atoms with Crippen LogP contribution in [-0.4, -0.2) is 25.0 Å². The van der Waals surface area contributed by atoms with E-state index in [-0.39, 0.29) is 17.8 Å². The van der Waals surface area contributed by atoms with E-state index in [0.717, 1.165) is 31.2 Å². The van der Waals surface area contributed by atoms with Crippen molar-refractivity contribution >= 4 is 11.9 Å². The number of carbonyl (C=O) groups excluding carboxylic acids is 2. The van der Waals surface area contributed by atoms with Gasteiger partial charge in [-0.25, -0.2) is 4.79 Å². The lowest BCUT2D eigenvalue weighted by molar-refractivity contribution is -0.145. The predicted molar refractivity (Wildman–Crippen MR) is 90.1 cm³/mol. The van der Waals surface area contributed by atoms with E-state index in [1.807, 2.05) is 19.1 Å². The van der Waals surface area contributed by atoms with Gasteiger partial charge in [-0.1, -0.05) is 37.5 Å². The summed E-state index contributed by atoms with van der Waals surface area (Å²) < 4.78 is 4.87. The van der Waals surface area contributed by atoms with Gasteiger partial charge in [-0.2, -0.15) is 0 Å². The molecule has 4 nitrogen and oxygen atoms in total. The minimum absolute atomic E-state index is 0.0102. The summed E-state index contributed by atoms with van der Waals surface area (Å²) in [6.07, 6.45) is 5.70. The molecule has 0 aliphatic heterocycles. The van der Waals surface area contributed by atoms with Gasteiger partial charge in [-0.3, -0.25) is 4.79 Å². The number of hydrogen-bond acceptors (Lipinski definition) is 3. The van der Waals surface area contributed by atoms with Crippen LogP contribution in [0.5, 0.6) is 0 Å². The number of amides is 1. The fraction of sp³-hybridized carbons (Fsp3) is 0.579. The third-order valence-electron chi connectivity index (χ3n) is 4.79. The van der Waals surface area contributed by atoms with Crippen LogP contribution in [-0.2, 0) is 20.7 Å². The zero-order valence-corrected chi connectivity index (χ0v) is 14.4. The molecule has 0 spiro atoms. The second kappa shape index (κ2) is 8.14. The highest BCUT2D eigenvalue weighted by Gasteiger charge is 2.27. The fourth-order valence-corrected chi connectivity index (χ4v) is 3.16. The molecule has 1 aliphatic rings. The maximum absolute atomic E-state index is 12.4. The molecule has 1 atom stereocenters. The monoisotopic (exact) mass is 317 g/mol. The quantitative estimate of drug-likeness (QED) is 0.849. The van der Waals surface area contributed by atoms with Gasteiger partial charge in [-0.05, 0) is 43.4 Å². The summed E-state index contributed by atoms with van der Waals surface area (Å²) in [5.74, 6) is -0.355. The van der Waals surface area contributed by atoms with Gasteiger partial charge >= 0.3 is 5.97 Å². The van der Waals surface area contributed by atoms with E-state index in [0.29, 0.717) is 6.42 Å². The maximum Gasteiger partial charge on any atom is 0.328 e. The Hall–Kier alpha value is -1.84. The van der Waals surface area contributed by atoms with Crippen molar-refractivity contribution in [3.8, 4) is 0 Å². The van der Waals surface area contributed by atoms with Crippen LogP contribution in [0, 0.1) is 19.8 Å². The van der Waals surface area contributed by atoms with Gasteiger partial charge in [-0.15, -0.1) is 0 Å². The molecule has 0 bridgehead atoms.